The third-order valence-electron chi connectivity index (χ3n) is 5.08. The average molecular weight is 302 g/mol. The fraction of sp³-hybridized carbons (Fsp3) is 0.600. The molecule has 0 bridgehead atoms. The van der Waals surface area contributed by atoms with E-state index in [0.717, 1.165) is 43.6 Å². The van der Waals surface area contributed by atoms with Crippen LogP contribution < -0.4 is 9.47 Å². The number of hydrogen-bond donors (Lipinski definition) is 0. The molecule has 2 nitrogen and oxygen atoms in total. The summed E-state index contributed by atoms with van der Waals surface area (Å²) in [6.07, 6.45) is 5.47. The number of ether oxygens (including phenoxy) is 2. The first-order valence-corrected chi connectivity index (χ1v) is 8.29. The molecule has 122 valence electrons. The van der Waals surface area contributed by atoms with Crippen molar-refractivity contribution in [2.45, 2.75) is 72.3 Å². The van der Waals surface area contributed by atoms with Gasteiger partial charge in [0.05, 0.1) is 7.11 Å². The van der Waals surface area contributed by atoms with Gasteiger partial charge in [0.25, 0.3) is 0 Å². The molecule has 0 saturated heterocycles. The molecule has 0 fully saturated rings. The molecule has 1 atom stereocenters. The zero-order valence-electron chi connectivity index (χ0n) is 15.1. The van der Waals surface area contributed by atoms with Crippen molar-refractivity contribution in [3.05, 3.63) is 34.4 Å². The number of benzene rings is 1. The van der Waals surface area contributed by atoms with E-state index in [1.807, 2.05) is 0 Å². The number of fused-ring (bicyclic) bond motifs is 1. The molecule has 0 spiro atoms. The molecule has 1 heterocycles. The minimum atomic E-state index is -0.0549. The highest BCUT2D eigenvalue weighted by Gasteiger charge is 2.34. The summed E-state index contributed by atoms with van der Waals surface area (Å²) in [6, 6.07) is 0. The molecular formula is C20H30O2. The van der Waals surface area contributed by atoms with Crippen molar-refractivity contribution < 1.29 is 9.47 Å². The molecular weight excluding hydrogens is 272 g/mol. The molecule has 0 N–H and O–H groups in total. The van der Waals surface area contributed by atoms with E-state index in [-0.39, 0.29) is 5.60 Å². The minimum Gasteiger partial charge on any atom is -0.496 e. The second-order valence-electron chi connectivity index (χ2n) is 7.08. The zero-order chi connectivity index (χ0) is 16.5. The number of hydrogen-bond acceptors (Lipinski definition) is 2. The van der Waals surface area contributed by atoms with Crippen LogP contribution >= 0.6 is 0 Å². The Balaban J connectivity index is 2.28. The van der Waals surface area contributed by atoms with Gasteiger partial charge in [-0.2, -0.15) is 0 Å². The van der Waals surface area contributed by atoms with Crippen LogP contribution in [0.15, 0.2) is 12.2 Å². The summed E-state index contributed by atoms with van der Waals surface area (Å²) < 4.78 is 12.1. The SMILES string of the molecule is C=C(C)CCCC1(C)CCc2c(C)c(OC)c(C)c(C)c2O1. The standard InChI is InChI=1S/C20H30O2/c1-13(2)9-8-11-20(6)12-10-17-16(5)18(21-7)14(3)15(4)19(17)22-20/h1,8-12H2,2-7H3. The quantitative estimate of drug-likeness (QED) is 0.673. The summed E-state index contributed by atoms with van der Waals surface area (Å²) >= 11 is 0. The van der Waals surface area contributed by atoms with Crippen molar-refractivity contribution in [2.24, 2.45) is 0 Å². The highest BCUT2D eigenvalue weighted by atomic mass is 16.5. The second-order valence-corrected chi connectivity index (χ2v) is 7.08. The van der Waals surface area contributed by atoms with Crippen LogP contribution in [-0.4, -0.2) is 12.7 Å². The Kier molecular flexibility index (Phi) is 4.89. The van der Waals surface area contributed by atoms with Gasteiger partial charge < -0.3 is 9.47 Å². The number of rotatable bonds is 5. The molecule has 1 aliphatic rings. The van der Waals surface area contributed by atoms with Crippen molar-refractivity contribution in [3.63, 3.8) is 0 Å². The molecule has 0 aromatic heterocycles. The van der Waals surface area contributed by atoms with Gasteiger partial charge in [-0.1, -0.05) is 5.57 Å². The average Bonchev–Trinajstić information content (AvgIpc) is 2.45. The Hall–Kier alpha value is -1.44. The van der Waals surface area contributed by atoms with Crippen LogP contribution in [0.5, 0.6) is 11.5 Å². The van der Waals surface area contributed by atoms with E-state index < -0.39 is 0 Å². The molecule has 1 aromatic rings. The van der Waals surface area contributed by atoms with E-state index in [4.69, 9.17) is 9.47 Å². The van der Waals surface area contributed by atoms with Gasteiger partial charge >= 0.3 is 0 Å². The van der Waals surface area contributed by atoms with E-state index in [9.17, 15) is 0 Å². The van der Waals surface area contributed by atoms with E-state index in [2.05, 4.69) is 41.2 Å². The van der Waals surface area contributed by atoms with Gasteiger partial charge in [-0.15, -0.1) is 6.58 Å². The van der Waals surface area contributed by atoms with Gasteiger partial charge in [-0.3, -0.25) is 0 Å². The second kappa shape index (κ2) is 6.36. The Labute approximate surface area is 135 Å². The molecule has 2 rings (SSSR count). The topological polar surface area (TPSA) is 18.5 Å². The molecule has 2 heteroatoms. The monoisotopic (exact) mass is 302 g/mol. The third-order valence-corrected chi connectivity index (χ3v) is 5.08. The maximum absolute atomic E-state index is 6.51. The normalized spacial score (nSPS) is 20.3. The van der Waals surface area contributed by atoms with Crippen molar-refractivity contribution >= 4 is 0 Å². The lowest BCUT2D eigenvalue weighted by Gasteiger charge is -2.38. The fourth-order valence-corrected chi connectivity index (χ4v) is 3.53. The van der Waals surface area contributed by atoms with Gasteiger partial charge in [0.1, 0.15) is 17.1 Å². The van der Waals surface area contributed by atoms with Crippen molar-refractivity contribution in [1.82, 2.24) is 0 Å². The van der Waals surface area contributed by atoms with Crippen LogP contribution in [0.2, 0.25) is 0 Å². The highest BCUT2D eigenvalue weighted by molar-refractivity contribution is 5.58. The summed E-state index contributed by atoms with van der Waals surface area (Å²) in [5.41, 5.74) is 6.20. The minimum absolute atomic E-state index is 0.0549. The lowest BCUT2D eigenvalue weighted by molar-refractivity contribution is 0.0530. The molecule has 0 amide bonds. The summed E-state index contributed by atoms with van der Waals surface area (Å²) in [7, 11) is 1.76. The molecule has 1 aliphatic heterocycles. The van der Waals surface area contributed by atoms with Crippen LogP contribution in [-0.2, 0) is 6.42 Å². The summed E-state index contributed by atoms with van der Waals surface area (Å²) in [6.45, 7) is 14.8. The molecule has 1 unspecified atom stereocenters. The predicted molar refractivity (Wildman–Crippen MR) is 93.2 cm³/mol. The fourth-order valence-electron chi connectivity index (χ4n) is 3.53. The van der Waals surface area contributed by atoms with Gasteiger partial charge in [0.2, 0.25) is 0 Å². The Morgan fingerprint density at radius 1 is 1.23 bits per heavy atom. The van der Waals surface area contributed by atoms with Crippen molar-refractivity contribution in [3.8, 4) is 11.5 Å². The van der Waals surface area contributed by atoms with Crippen LogP contribution in [0.1, 0.15) is 61.8 Å². The first-order chi connectivity index (χ1) is 10.3. The predicted octanol–water partition coefficient (Wildman–Crippen LogP) is 5.45. The first kappa shape index (κ1) is 16.9. The van der Waals surface area contributed by atoms with Gasteiger partial charge in [-0.25, -0.2) is 0 Å². The number of methoxy groups -OCH3 is 1. The van der Waals surface area contributed by atoms with Crippen LogP contribution in [0.4, 0.5) is 0 Å². The lowest BCUT2D eigenvalue weighted by atomic mass is 9.84. The highest BCUT2D eigenvalue weighted by Crippen LogP contribution is 2.44. The van der Waals surface area contributed by atoms with Gasteiger partial charge in [0.15, 0.2) is 0 Å². The van der Waals surface area contributed by atoms with Crippen LogP contribution in [0.25, 0.3) is 0 Å². The third kappa shape index (κ3) is 3.16. The summed E-state index contributed by atoms with van der Waals surface area (Å²) in [5.74, 6) is 2.12. The van der Waals surface area contributed by atoms with Gasteiger partial charge in [0, 0.05) is 5.56 Å². The van der Waals surface area contributed by atoms with Crippen LogP contribution in [0, 0.1) is 20.8 Å². The zero-order valence-corrected chi connectivity index (χ0v) is 15.1. The maximum Gasteiger partial charge on any atom is 0.127 e. The Morgan fingerprint density at radius 3 is 2.50 bits per heavy atom. The lowest BCUT2D eigenvalue weighted by Crippen LogP contribution is -2.37. The summed E-state index contributed by atoms with van der Waals surface area (Å²) in [4.78, 5) is 0. The van der Waals surface area contributed by atoms with Crippen molar-refractivity contribution in [2.75, 3.05) is 7.11 Å². The molecule has 22 heavy (non-hydrogen) atoms. The van der Waals surface area contributed by atoms with Crippen LogP contribution in [0.3, 0.4) is 0 Å². The largest absolute Gasteiger partial charge is 0.496 e. The molecule has 0 aliphatic carbocycles. The van der Waals surface area contributed by atoms with E-state index in [1.54, 1.807) is 7.11 Å². The number of allylic oxidation sites excluding steroid dienone is 1. The van der Waals surface area contributed by atoms with E-state index in [1.165, 1.54) is 27.8 Å². The molecule has 0 radical (unpaired) electrons. The molecule has 0 saturated carbocycles. The molecule has 1 aromatic carbocycles. The Bertz CT molecular complexity index is 586. The summed E-state index contributed by atoms with van der Waals surface area (Å²) in [5, 5.41) is 0. The van der Waals surface area contributed by atoms with E-state index in [0.29, 0.717) is 0 Å². The smallest absolute Gasteiger partial charge is 0.127 e. The maximum atomic E-state index is 6.51. The van der Waals surface area contributed by atoms with Gasteiger partial charge in [-0.05, 0) is 83.4 Å². The first-order valence-electron chi connectivity index (χ1n) is 8.29. The Morgan fingerprint density at radius 2 is 1.91 bits per heavy atom. The van der Waals surface area contributed by atoms with E-state index >= 15 is 0 Å². The van der Waals surface area contributed by atoms with Crippen molar-refractivity contribution in [1.29, 1.82) is 0 Å².